The highest BCUT2D eigenvalue weighted by Gasteiger charge is 2.21. The number of aryl methyl sites for hydroxylation is 1. The van der Waals surface area contributed by atoms with Crippen molar-refractivity contribution in [1.29, 1.82) is 0 Å². The standard InChI is InChI=1S/C19H31N5O3/c25-18(8-7-16-5-2-1-3-6-16)20-9-4-10-24-15-17(21-22-24)19(26)23-11-13-27-14-12-23/h15-16H,1-14H2,(H,20,25). The molecule has 1 aliphatic heterocycles. The Balaban J connectivity index is 1.30. The van der Waals surface area contributed by atoms with Crippen LogP contribution < -0.4 is 5.32 Å². The van der Waals surface area contributed by atoms with E-state index >= 15 is 0 Å². The average Bonchev–Trinajstić information content (AvgIpc) is 3.19. The lowest BCUT2D eigenvalue weighted by atomic mass is 9.86. The normalized spacial score (nSPS) is 18.4. The minimum absolute atomic E-state index is 0.0967. The molecule has 0 bridgehead atoms. The molecule has 8 nitrogen and oxygen atoms in total. The van der Waals surface area contributed by atoms with Gasteiger partial charge in [0.1, 0.15) is 0 Å². The summed E-state index contributed by atoms with van der Waals surface area (Å²) in [5.41, 5.74) is 0.369. The number of rotatable bonds is 8. The fraction of sp³-hybridized carbons (Fsp3) is 0.789. The van der Waals surface area contributed by atoms with E-state index in [2.05, 4.69) is 15.6 Å². The minimum Gasteiger partial charge on any atom is -0.378 e. The van der Waals surface area contributed by atoms with Crippen molar-refractivity contribution in [3.63, 3.8) is 0 Å². The van der Waals surface area contributed by atoms with Gasteiger partial charge in [0.05, 0.1) is 19.4 Å². The third kappa shape index (κ3) is 6.30. The number of hydrogen-bond donors (Lipinski definition) is 1. The van der Waals surface area contributed by atoms with Gasteiger partial charge in [0.25, 0.3) is 5.91 Å². The molecule has 0 atom stereocenters. The number of amides is 2. The van der Waals surface area contributed by atoms with Crippen molar-refractivity contribution < 1.29 is 14.3 Å². The molecule has 150 valence electrons. The number of nitrogens with zero attached hydrogens (tertiary/aromatic N) is 4. The molecule has 1 aromatic heterocycles. The van der Waals surface area contributed by atoms with Crippen LogP contribution in [0.5, 0.6) is 0 Å². The topological polar surface area (TPSA) is 89.4 Å². The number of aromatic nitrogens is 3. The zero-order chi connectivity index (χ0) is 18.9. The smallest absolute Gasteiger partial charge is 0.276 e. The van der Waals surface area contributed by atoms with Gasteiger partial charge < -0.3 is 15.0 Å². The predicted octanol–water partition coefficient (Wildman–Crippen LogP) is 1.62. The number of ether oxygens (including phenoxy) is 1. The summed E-state index contributed by atoms with van der Waals surface area (Å²) < 4.78 is 6.93. The lowest BCUT2D eigenvalue weighted by Gasteiger charge is -2.25. The van der Waals surface area contributed by atoms with Gasteiger partial charge in [-0.2, -0.15) is 0 Å². The fourth-order valence-corrected chi connectivity index (χ4v) is 3.80. The summed E-state index contributed by atoms with van der Waals surface area (Å²) in [7, 11) is 0. The number of morpholine rings is 1. The summed E-state index contributed by atoms with van der Waals surface area (Å²) in [4.78, 5) is 26.0. The van der Waals surface area contributed by atoms with Crippen molar-refractivity contribution in [3.05, 3.63) is 11.9 Å². The second kappa shape index (κ2) is 10.4. The van der Waals surface area contributed by atoms with E-state index < -0.39 is 0 Å². The van der Waals surface area contributed by atoms with E-state index in [4.69, 9.17) is 4.74 Å². The highest BCUT2D eigenvalue weighted by molar-refractivity contribution is 5.91. The summed E-state index contributed by atoms with van der Waals surface area (Å²) in [6, 6.07) is 0. The van der Waals surface area contributed by atoms with Crippen molar-refractivity contribution in [2.24, 2.45) is 5.92 Å². The van der Waals surface area contributed by atoms with E-state index in [0.29, 0.717) is 51.5 Å². The van der Waals surface area contributed by atoms with E-state index in [1.54, 1.807) is 15.8 Å². The number of hydrogen-bond acceptors (Lipinski definition) is 5. The zero-order valence-electron chi connectivity index (χ0n) is 16.1. The predicted molar refractivity (Wildman–Crippen MR) is 100 cm³/mol. The van der Waals surface area contributed by atoms with Crippen LogP contribution in [0.25, 0.3) is 0 Å². The quantitative estimate of drug-likeness (QED) is 0.696. The van der Waals surface area contributed by atoms with Crippen LogP contribution in [0.1, 0.15) is 61.9 Å². The highest BCUT2D eigenvalue weighted by Crippen LogP contribution is 2.27. The summed E-state index contributed by atoms with van der Waals surface area (Å²) >= 11 is 0. The van der Waals surface area contributed by atoms with E-state index in [0.717, 1.165) is 18.8 Å². The molecule has 1 aliphatic carbocycles. The second-order valence-corrected chi connectivity index (χ2v) is 7.52. The lowest BCUT2D eigenvalue weighted by Crippen LogP contribution is -2.40. The molecule has 1 saturated heterocycles. The molecule has 27 heavy (non-hydrogen) atoms. The van der Waals surface area contributed by atoms with Crippen LogP contribution in [-0.4, -0.2) is 64.6 Å². The molecule has 8 heteroatoms. The van der Waals surface area contributed by atoms with Crippen molar-refractivity contribution >= 4 is 11.8 Å². The molecule has 2 amide bonds. The Bertz CT molecular complexity index is 606. The molecule has 2 heterocycles. The Morgan fingerprint density at radius 2 is 1.96 bits per heavy atom. The maximum absolute atomic E-state index is 12.3. The molecule has 1 N–H and O–H groups in total. The maximum Gasteiger partial charge on any atom is 0.276 e. The van der Waals surface area contributed by atoms with Crippen molar-refractivity contribution in [3.8, 4) is 0 Å². The van der Waals surface area contributed by atoms with Crippen LogP contribution in [0.4, 0.5) is 0 Å². The molecule has 0 aromatic carbocycles. The Morgan fingerprint density at radius 1 is 1.19 bits per heavy atom. The van der Waals surface area contributed by atoms with Crippen LogP contribution in [-0.2, 0) is 16.1 Å². The first-order valence-electron chi connectivity index (χ1n) is 10.3. The number of carbonyl (C=O) groups excluding carboxylic acids is 2. The molecule has 0 unspecified atom stereocenters. The lowest BCUT2D eigenvalue weighted by molar-refractivity contribution is -0.121. The van der Waals surface area contributed by atoms with Crippen LogP contribution in [0, 0.1) is 5.92 Å². The molecule has 1 saturated carbocycles. The SMILES string of the molecule is O=C(CCC1CCCCC1)NCCCn1cc(C(=O)N2CCOCC2)nn1. The average molecular weight is 377 g/mol. The molecule has 3 rings (SSSR count). The van der Waals surface area contributed by atoms with Gasteiger partial charge in [-0.1, -0.05) is 37.3 Å². The van der Waals surface area contributed by atoms with Crippen LogP contribution >= 0.6 is 0 Å². The molecule has 0 radical (unpaired) electrons. The van der Waals surface area contributed by atoms with Gasteiger partial charge in [0.15, 0.2) is 5.69 Å². The number of carbonyl (C=O) groups is 2. The monoisotopic (exact) mass is 377 g/mol. The Kier molecular flexibility index (Phi) is 7.62. The minimum atomic E-state index is -0.0967. The largest absolute Gasteiger partial charge is 0.378 e. The van der Waals surface area contributed by atoms with Crippen molar-refractivity contribution in [1.82, 2.24) is 25.2 Å². The third-order valence-electron chi connectivity index (χ3n) is 5.45. The summed E-state index contributed by atoms with van der Waals surface area (Å²) in [5, 5.41) is 11.0. The summed E-state index contributed by atoms with van der Waals surface area (Å²) in [6.45, 7) is 3.58. The summed E-state index contributed by atoms with van der Waals surface area (Å²) in [6.07, 6.45) is 10.7. The molecule has 1 aromatic rings. The highest BCUT2D eigenvalue weighted by atomic mass is 16.5. The zero-order valence-corrected chi connectivity index (χ0v) is 16.1. The van der Waals surface area contributed by atoms with E-state index in [1.807, 2.05) is 0 Å². The number of nitrogens with one attached hydrogen (secondary N) is 1. The Labute approximate surface area is 160 Å². The molecule has 2 fully saturated rings. The maximum atomic E-state index is 12.3. The Hall–Kier alpha value is -1.96. The summed E-state index contributed by atoms with van der Waals surface area (Å²) in [5.74, 6) is 0.782. The van der Waals surface area contributed by atoms with Gasteiger partial charge in [0.2, 0.25) is 5.91 Å². The second-order valence-electron chi connectivity index (χ2n) is 7.52. The van der Waals surface area contributed by atoms with Crippen LogP contribution in [0.3, 0.4) is 0 Å². The van der Waals surface area contributed by atoms with E-state index in [-0.39, 0.29) is 11.8 Å². The molecular formula is C19H31N5O3. The first kappa shape index (κ1) is 19.8. The molecular weight excluding hydrogens is 346 g/mol. The first-order valence-corrected chi connectivity index (χ1v) is 10.3. The van der Waals surface area contributed by atoms with Gasteiger partial charge >= 0.3 is 0 Å². The Morgan fingerprint density at radius 3 is 2.74 bits per heavy atom. The van der Waals surface area contributed by atoms with Gasteiger partial charge in [-0.05, 0) is 18.8 Å². The van der Waals surface area contributed by atoms with Gasteiger partial charge in [-0.25, -0.2) is 0 Å². The van der Waals surface area contributed by atoms with Gasteiger partial charge in [-0.3, -0.25) is 14.3 Å². The fourth-order valence-electron chi connectivity index (χ4n) is 3.80. The van der Waals surface area contributed by atoms with E-state index in [9.17, 15) is 9.59 Å². The van der Waals surface area contributed by atoms with Gasteiger partial charge in [0, 0.05) is 32.6 Å². The molecule has 2 aliphatic rings. The van der Waals surface area contributed by atoms with Crippen molar-refractivity contribution in [2.75, 3.05) is 32.8 Å². The van der Waals surface area contributed by atoms with Crippen LogP contribution in [0.2, 0.25) is 0 Å². The van der Waals surface area contributed by atoms with Crippen molar-refractivity contribution in [2.45, 2.75) is 57.9 Å². The van der Waals surface area contributed by atoms with Crippen LogP contribution in [0.15, 0.2) is 6.20 Å². The first-order chi connectivity index (χ1) is 13.2. The van der Waals surface area contributed by atoms with E-state index in [1.165, 1.54) is 32.1 Å². The van der Waals surface area contributed by atoms with Gasteiger partial charge in [-0.15, -0.1) is 5.10 Å². The third-order valence-corrected chi connectivity index (χ3v) is 5.45. The molecule has 0 spiro atoms.